The number of amidine groups is 1. The second-order valence-electron chi connectivity index (χ2n) is 5.71. The number of hydrogen-bond donors (Lipinski definition) is 2. The van der Waals surface area contributed by atoms with Crippen LogP contribution in [0.5, 0.6) is 11.5 Å². The van der Waals surface area contributed by atoms with Gasteiger partial charge in [-0.1, -0.05) is 0 Å². The number of ether oxygens (including phenoxy) is 1. The third kappa shape index (κ3) is 2.50. The Morgan fingerprint density at radius 2 is 2.27 bits per heavy atom. The van der Waals surface area contributed by atoms with Crippen molar-refractivity contribution >= 4 is 23.4 Å². The van der Waals surface area contributed by atoms with E-state index >= 15 is 0 Å². The van der Waals surface area contributed by atoms with E-state index in [4.69, 9.17) is 4.74 Å². The van der Waals surface area contributed by atoms with Gasteiger partial charge in [-0.3, -0.25) is 20.0 Å². The maximum absolute atomic E-state index is 12.5. The van der Waals surface area contributed by atoms with Crippen LogP contribution in [0.2, 0.25) is 0 Å². The average molecular weight is 353 g/mol. The molecule has 1 aromatic carbocycles. The van der Waals surface area contributed by atoms with Crippen molar-refractivity contribution in [1.82, 2.24) is 10.2 Å². The number of aromatic hydroxyl groups is 1. The van der Waals surface area contributed by atoms with Crippen LogP contribution >= 0.6 is 0 Å². The number of phenolic OH excluding ortho intramolecular Hbond substituents is 1. The Morgan fingerprint density at radius 1 is 1.42 bits per heavy atom. The molecule has 2 aliphatic heterocycles. The van der Waals surface area contributed by atoms with E-state index in [2.05, 4.69) is 15.3 Å². The SMILES string of the molecule is COc1c(O)ccc2c1N=C(NC(=O)c1ccc[n+]([O-])c1)N1CCN=C21. The first-order chi connectivity index (χ1) is 12.6. The van der Waals surface area contributed by atoms with Crippen molar-refractivity contribution in [2.24, 2.45) is 9.98 Å². The summed E-state index contributed by atoms with van der Waals surface area (Å²) < 4.78 is 5.81. The van der Waals surface area contributed by atoms with Crippen LogP contribution < -0.4 is 14.8 Å². The third-order valence-electron chi connectivity index (χ3n) is 4.13. The lowest BCUT2D eigenvalue weighted by Gasteiger charge is -2.28. The quantitative estimate of drug-likeness (QED) is 0.604. The van der Waals surface area contributed by atoms with Gasteiger partial charge in [0.05, 0.1) is 13.7 Å². The van der Waals surface area contributed by atoms with Crippen LogP contribution in [0, 0.1) is 5.21 Å². The van der Waals surface area contributed by atoms with E-state index in [1.165, 1.54) is 37.7 Å². The van der Waals surface area contributed by atoms with E-state index in [0.29, 0.717) is 34.9 Å². The zero-order valence-electron chi connectivity index (χ0n) is 13.8. The van der Waals surface area contributed by atoms with E-state index < -0.39 is 5.91 Å². The Labute approximate surface area is 148 Å². The number of phenols is 1. The number of methoxy groups -OCH3 is 1. The molecule has 0 saturated carbocycles. The number of nitrogens with one attached hydrogen (secondary N) is 1. The van der Waals surface area contributed by atoms with Crippen LogP contribution in [0.1, 0.15) is 15.9 Å². The van der Waals surface area contributed by atoms with Crippen molar-refractivity contribution in [2.45, 2.75) is 0 Å². The van der Waals surface area contributed by atoms with Crippen molar-refractivity contribution in [1.29, 1.82) is 0 Å². The molecule has 0 spiro atoms. The van der Waals surface area contributed by atoms with Crippen molar-refractivity contribution in [3.8, 4) is 11.5 Å². The first kappa shape index (κ1) is 15.9. The molecule has 2 N–H and O–H groups in total. The van der Waals surface area contributed by atoms with E-state index in [0.717, 1.165) is 0 Å². The number of rotatable bonds is 2. The molecule has 0 saturated heterocycles. The average Bonchev–Trinajstić information content (AvgIpc) is 3.12. The Hall–Kier alpha value is -3.62. The molecule has 0 unspecified atom stereocenters. The number of hydrogen-bond acceptors (Lipinski definition) is 7. The number of benzene rings is 1. The van der Waals surface area contributed by atoms with Crippen LogP contribution in [-0.2, 0) is 0 Å². The molecule has 0 atom stereocenters. The number of amides is 1. The Balaban J connectivity index is 1.75. The summed E-state index contributed by atoms with van der Waals surface area (Å²) in [4.78, 5) is 23.2. The lowest BCUT2D eigenvalue weighted by molar-refractivity contribution is -0.605. The third-order valence-corrected chi connectivity index (χ3v) is 4.13. The minimum absolute atomic E-state index is 0.0526. The maximum Gasteiger partial charge on any atom is 0.264 e. The minimum Gasteiger partial charge on any atom is -0.619 e. The summed E-state index contributed by atoms with van der Waals surface area (Å²) in [7, 11) is 1.43. The molecule has 0 fully saturated rings. The van der Waals surface area contributed by atoms with Gasteiger partial charge in [0.2, 0.25) is 5.96 Å². The molecule has 1 amide bonds. The van der Waals surface area contributed by atoms with Gasteiger partial charge in [0.25, 0.3) is 5.91 Å². The second kappa shape index (κ2) is 6.03. The highest BCUT2D eigenvalue weighted by Crippen LogP contribution is 2.42. The molecule has 4 rings (SSSR count). The van der Waals surface area contributed by atoms with Crippen molar-refractivity contribution in [3.63, 3.8) is 0 Å². The predicted octanol–water partition coefficient (Wildman–Crippen LogP) is 0.527. The number of guanidine groups is 1. The number of nitrogens with zero attached hydrogens (tertiary/aromatic N) is 4. The van der Waals surface area contributed by atoms with E-state index in [1.807, 2.05) is 0 Å². The lowest BCUT2D eigenvalue weighted by atomic mass is 10.1. The predicted molar refractivity (Wildman–Crippen MR) is 92.7 cm³/mol. The van der Waals surface area contributed by atoms with Gasteiger partial charge in [-0.15, -0.1) is 0 Å². The van der Waals surface area contributed by atoms with Gasteiger partial charge in [-0.05, 0) is 18.2 Å². The van der Waals surface area contributed by atoms with Gasteiger partial charge < -0.3 is 15.1 Å². The highest BCUT2D eigenvalue weighted by atomic mass is 16.5. The molecule has 1 aromatic heterocycles. The van der Waals surface area contributed by atoms with Crippen LogP contribution in [0.3, 0.4) is 0 Å². The number of fused-ring (bicyclic) bond motifs is 3. The van der Waals surface area contributed by atoms with Crippen molar-refractivity contribution in [2.75, 3.05) is 20.2 Å². The number of carbonyl (C=O) groups excluding carboxylic acids is 1. The summed E-state index contributed by atoms with van der Waals surface area (Å²) in [5.74, 6) is 0.603. The van der Waals surface area contributed by atoms with Gasteiger partial charge in [0.15, 0.2) is 23.9 Å². The molecule has 3 heterocycles. The summed E-state index contributed by atoms with van der Waals surface area (Å²) in [5, 5.41) is 24.1. The number of aromatic nitrogens is 1. The smallest absolute Gasteiger partial charge is 0.264 e. The first-order valence-corrected chi connectivity index (χ1v) is 7.89. The number of pyridine rings is 1. The first-order valence-electron chi connectivity index (χ1n) is 7.89. The zero-order valence-corrected chi connectivity index (χ0v) is 13.8. The van der Waals surface area contributed by atoms with Crippen LogP contribution in [0.15, 0.2) is 46.6 Å². The molecule has 0 radical (unpaired) electrons. The fourth-order valence-electron chi connectivity index (χ4n) is 2.96. The maximum atomic E-state index is 12.5. The Bertz CT molecular complexity index is 970. The molecule has 9 heteroatoms. The van der Waals surface area contributed by atoms with Crippen LogP contribution in [-0.4, -0.2) is 47.9 Å². The van der Waals surface area contributed by atoms with Crippen molar-refractivity contribution in [3.05, 3.63) is 53.0 Å². The van der Waals surface area contributed by atoms with E-state index in [-0.39, 0.29) is 23.0 Å². The monoisotopic (exact) mass is 353 g/mol. The molecular formula is C17H15N5O4. The summed E-state index contributed by atoms with van der Waals surface area (Å²) in [6.07, 6.45) is 2.47. The zero-order chi connectivity index (χ0) is 18.3. The van der Waals surface area contributed by atoms with E-state index in [9.17, 15) is 15.1 Å². The van der Waals surface area contributed by atoms with Gasteiger partial charge in [-0.25, -0.2) is 4.99 Å². The van der Waals surface area contributed by atoms with Crippen LogP contribution in [0.4, 0.5) is 5.69 Å². The second-order valence-corrected chi connectivity index (χ2v) is 5.71. The number of aliphatic imine (C=N–C) groups is 2. The van der Waals surface area contributed by atoms with Crippen LogP contribution in [0.25, 0.3) is 0 Å². The topological polar surface area (TPSA) is 113 Å². The summed E-state index contributed by atoms with van der Waals surface area (Å²) >= 11 is 0. The molecular weight excluding hydrogens is 338 g/mol. The molecule has 9 nitrogen and oxygen atoms in total. The summed E-state index contributed by atoms with van der Waals surface area (Å²) in [5.41, 5.74) is 1.32. The molecule has 132 valence electrons. The molecule has 2 aromatic rings. The Kier molecular flexibility index (Phi) is 3.68. The molecule has 2 aliphatic rings. The lowest BCUT2D eigenvalue weighted by Crippen LogP contribution is -2.47. The van der Waals surface area contributed by atoms with Gasteiger partial charge in [0.1, 0.15) is 17.1 Å². The Morgan fingerprint density at radius 3 is 3.04 bits per heavy atom. The molecule has 26 heavy (non-hydrogen) atoms. The van der Waals surface area contributed by atoms with Gasteiger partial charge in [-0.2, -0.15) is 4.73 Å². The summed E-state index contributed by atoms with van der Waals surface area (Å²) in [6.45, 7) is 1.12. The molecule has 0 aliphatic carbocycles. The normalized spacial score (nSPS) is 14.9. The highest BCUT2D eigenvalue weighted by molar-refractivity contribution is 6.20. The van der Waals surface area contributed by atoms with Gasteiger partial charge in [0, 0.05) is 18.2 Å². The number of carbonyl (C=O) groups is 1. The fourth-order valence-corrected chi connectivity index (χ4v) is 2.96. The van der Waals surface area contributed by atoms with E-state index in [1.54, 1.807) is 11.0 Å². The fraction of sp³-hybridized carbons (Fsp3) is 0.176. The summed E-state index contributed by atoms with van der Waals surface area (Å²) in [6, 6.07) is 6.26. The van der Waals surface area contributed by atoms with Gasteiger partial charge >= 0.3 is 0 Å². The minimum atomic E-state index is -0.470. The standard InChI is InChI=1S/C17H15N5O4/c1-26-14-12(23)5-4-11-13(14)19-17(22-8-6-18-15(11)22)20-16(24)10-3-2-7-21(25)9-10/h2-5,7,9,23H,6,8H2,1H3,(H,19,20,24). The molecule has 0 bridgehead atoms. The van der Waals surface area contributed by atoms with Crippen molar-refractivity contribution < 1.29 is 19.4 Å². The highest BCUT2D eigenvalue weighted by Gasteiger charge is 2.33. The largest absolute Gasteiger partial charge is 0.619 e.